The fourth-order valence-electron chi connectivity index (χ4n) is 2.58. The van der Waals surface area contributed by atoms with Gasteiger partial charge >= 0.3 is 0 Å². The number of H-pyrrole nitrogens is 1. The summed E-state index contributed by atoms with van der Waals surface area (Å²) in [6.45, 7) is 0. The van der Waals surface area contributed by atoms with E-state index in [0.29, 0.717) is 33.8 Å². The van der Waals surface area contributed by atoms with E-state index in [2.05, 4.69) is 35.8 Å². The summed E-state index contributed by atoms with van der Waals surface area (Å²) in [5.74, 6) is 1.45. The Morgan fingerprint density at radius 3 is 2.75 bits per heavy atom. The molecule has 0 spiro atoms. The van der Waals surface area contributed by atoms with Crippen molar-refractivity contribution >= 4 is 34.4 Å². The van der Waals surface area contributed by atoms with Gasteiger partial charge in [-0.3, -0.25) is 14.7 Å². The predicted octanol–water partition coefficient (Wildman–Crippen LogP) is 2.44. The summed E-state index contributed by atoms with van der Waals surface area (Å²) in [5.41, 5.74) is 3.42. The van der Waals surface area contributed by atoms with Crippen molar-refractivity contribution in [2.75, 3.05) is 10.6 Å². The Balaban J connectivity index is 1.51. The lowest BCUT2D eigenvalue weighted by molar-refractivity contribution is -0.111. The number of terminal acetylenes is 1. The number of hydrogen-bond acceptors (Lipinski definition) is 6. The predicted molar refractivity (Wildman–Crippen MR) is 101 cm³/mol. The van der Waals surface area contributed by atoms with Gasteiger partial charge < -0.3 is 10.6 Å². The van der Waals surface area contributed by atoms with E-state index in [-0.39, 0.29) is 5.91 Å². The van der Waals surface area contributed by atoms with Crippen molar-refractivity contribution in [2.24, 2.45) is 0 Å². The minimum atomic E-state index is -0.533. The third-order valence-corrected chi connectivity index (χ3v) is 3.90. The van der Waals surface area contributed by atoms with Crippen LogP contribution in [0.3, 0.4) is 0 Å². The molecule has 2 heterocycles. The zero-order valence-corrected chi connectivity index (χ0v) is 14.3. The number of nitrogens with one attached hydrogen (secondary N) is 3. The molecule has 0 saturated carbocycles. The Bertz CT molecular complexity index is 1230. The minimum Gasteiger partial charge on any atom is -0.315 e. The van der Waals surface area contributed by atoms with E-state index in [1.807, 2.05) is 12.0 Å². The SMILES string of the molecule is C#CC(=O)Nc1cccc(-c2cc(NC(=O)c3ccc4nonc4c3)n[nH]2)c1. The number of carbonyl (C=O) groups is 2. The second-order valence-corrected chi connectivity index (χ2v) is 5.77. The van der Waals surface area contributed by atoms with E-state index < -0.39 is 5.91 Å². The third-order valence-electron chi connectivity index (χ3n) is 3.90. The normalized spacial score (nSPS) is 10.4. The minimum absolute atomic E-state index is 0.344. The second-order valence-electron chi connectivity index (χ2n) is 5.77. The fourth-order valence-corrected chi connectivity index (χ4v) is 2.58. The molecule has 0 saturated heterocycles. The van der Waals surface area contributed by atoms with Crippen LogP contribution < -0.4 is 10.6 Å². The number of aromatic amines is 1. The van der Waals surface area contributed by atoms with Crippen LogP contribution in [0, 0.1) is 12.3 Å². The lowest BCUT2D eigenvalue weighted by atomic mass is 10.1. The van der Waals surface area contributed by atoms with E-state index in [1.54, 1.807) is 42.5 Å². The number of rotatable bonds is 4. The van der Waals surface area contributed by atoms with Crippen LogP contribution in [0.5, 0.6) is 0 Å². The van der Waals surface area contributed by atoms with Crippen molar-refractivity contribution in [2.45, 2.75) is 0 Å². The van der Waals surface area contributed by atoms with Crippen molar-refractivity contribution in [3.63, 3.8) is 0 Å². The molecule has 0 atom stereocenters. The van der Waals surface area contributed by atoms with Crippen LogP contribution in [0.15, 0.2) is 53.2 Å². The number of benzene rings is 2. The van der Waals surface area contributed by atoms with Crippen molar-refractivity contribution in [1.82, 2.24) is 20.5 Å². The van der Waals surface area contributed by atoms with Gasteiger partial charge in [-0.1, -0.05) is 12.1 Å². The molecular weight excluding hydrogens is 360 g/mol. The highest BCUT2D eigenvalue weighted by molar-refractivity contribution is 6.05. The summed E-state index contributed by atoms with van der Waals surface area (Å²) in [6.07, 6.45) is 5.06. The highest BCUT2D eigenvalue weighted by Crippen LogP contribution is 2.23. The number of carbonyl (C=O) groups excluding carboxylic acids is 2. The number of nitrogens with zero attached hydrogens (tertiary/aromatic N) is 3. The highest BCUT2D eigenvalue weighted by atomic mass is 16.6. The zero-order chi connectivity index (χ0) is 19.5. The van der Waals surface area contributed by atoms with Crippen LogP contribution >= 0.6 is 0 Å². The molecule has 2 aromatic carbocycles. The molecule has 0 radical (unpaired) electrons. The molecule has 9 heteroatoms. The fraction of sp³-hybridized carbons (Fsp3) is 0. The van der Waals surface area contributed by atoms with Gasteiger partial charge in [0.05, 0.1) is 5.69 Å². The van der Waals surface area contributed by atoms with Gasteiger partial charge in [-0.25, -0.2) is 4.63 Å². The number of hydrogen-bond donors (Lipinski definition) is 3. The lowest BCUT2D eigenvalue weighted by Crippen LogP contribution is -2.12. The maximum Gasteiger partial charge on any atom is 0.300 e. The van der Waals surface area contributed by atoms with Crippen LogP contribution in [0.1, 0.15) is 10.4 Å². The molecule has 28 heavy (non-hydrogen) atoms. The van der Waals surface area contributed by atoms with Gasteiger partial charge in [0, 0.05) is 22.9 Å². The van der Waals surface area contributed by atoms with E-state index in [1.165, 1.54) is 0 Å². The summed E-state index contributed by atoms with van der Waals surface area (Å²) in [4.78, 5) is 23.7. The summed E-state index contributed by atoms with van der Waals surface area (Å²) in [5, 5.41) is 19.6. The Morgan fingerprint density at radius 1 is 1.04 bits per heavy atom. The molecule has 2 aromatic heterocycles. The van der Waals surface area contributed by atoms with Crippen LogP contribution in [0.4, 0.5) is 11.5 Å². The standard InChI is InChI=1S/C19H12N6O3/c1-2-18(26)20-13-5-3-4-11(8-13)15-10-17(23-22-15)21-19(27)12-6-7-14-16(9-12)25-28-24-14/h1,3-10H,(H,20,26)(H2,21,22,23,27). The highest BCUT2D eigenvalue weighted by Gasteiger charge is 2.12. The van der Waals surface area contributed by atoms with Crippen LogP contribution in [-0.2, 0) is 4.79 Å². The third kappa shape index (κ3) is 3.42. The van der Waals surface area contributed by atoms with Gasteiger partial charge in [-0.05, 0) is 46.6 Å². The van der Waals surface area contributed by atoms with Crippen molar-refractivity contribution < 1.29 is 14.2 Å². The van der Waals surface area contributed by atoms with Gasteiger partial charge in [-0.15, -0.1) is 6.42 Å². The van der Waals surface area contributed by atoms with Gasteiger partial charge in [0.15, 0.2) is 5.82 Å². The smallest absolute Gasteiger partial charge is 0.300 e. The zero-order valence-electron chi connectivity index (χ0n) is 14.3. The van der Waals surface area contributed by atoms with Gasteiger partial charge in [0.25, 0.3) is 11.8 Å². The Labute approximate surface area is 158 Å². The number of anilines is 2. The maximum atomic E-state index is 12.4. The monoisotopic (exact) mass is 372 g/mol. The number of amides is 2. The second kappa shape index (κ2) is 7.05. The van der Waals surface area contributed by atoms with Crippen LogP contribution in [0.2, 0.25) is 0 Å². The summed E-state index contributed by atoms with van der Waals surface area (Å²) in [6, 6.07) is 13.6. The van der Waals surface area contributed by atoms with Crippen molar-refractivity contribution in [3.05, 3.63) is 54.1 Å². The summed E-state index contributed by atoms with van der Waals surface area (Å²) < 4.78 is 4.62. The average Bonchev–Trinajstić information content (AvgIpc) is 3.36. The van der Waals surface area contributed by atoms with Gasteiger partial charge in [0.1, 0.15) is 11.0 Å². The van der Waals surface area contributed by atoms with E-state index in [0.717, 1.165) is 5.56 Å². The van der Waals surface area contributed by atoms with Gasteiger partial charge in [-0.2, -0.15) is 5.10 Å². The largest absolute Gasteiger partial charge is 0.315 e. The molecule has 0 unspecified atom stereocenters. The summed E-state index contributed by atoms with van der Waals surface area (Å²) >= 11 is 0. The number of aromatic nitrogens is 4. The number of fused-ring (bicyclic) bond motifs is 1. The van der Waals surface area contributed by atoms with Crippen LogP contribution in [-0.4, -0.2) is 32.3 Å². The first kappa shape index (κ1) is 17.0. The molecule has 0 aliphatic rings. The van der Waals surface area contributed by atoms with Gasteiger partial charge in [0.2, 0.25) is 0 Å². The maximum absolute atomic E-state index is 12.4. The quantitative estimate of drug-likeness (QED) is 0.472. The van der Waals surface area contributed by atoms with Crippen molar-refractivity contribution in [3.8, 4) is 23.6 Å². The molecule has 4 rings (SSSR count). The molecule has 9 nitrogen and oxygen atoms in total. The molecule has 0 fully saturated rings. The van der Waals surface area contributed by atoms with E-state index in [4.69, 9.17) is 6.42 Å². The molecule has 136 valence electrons. The molecule has 4 aromatic rings. The Morgan fingerprint density at radius 2 is 1.89 bits per heavy atom. The Hall–Kier alpha value is -4.45. The Kier molecular flexibility index (Phi) is 4.28. The first-order chi connectivity index (χ1) is 13.6. The van der Waals surface area contributed by atoms with Crippen LogP contribution in [0.25, 0.3) is 22.3 Å². The molecule has 0 aliphatic carbocycles. The molecule has 2 amide bonds. The summed E-state index contributed by atoms with van der Waals surface area (Å²) in [7, 11) is 0. The van der Waals surface area contributed by atoms with E-state index >= 15 is 0 Å². The van der Waals surface area contributed by atoms with E-state index in [9.17, 15) is 9.59 Å². The molecule has 0 bridgehead atoms. The molecule has 3 N–H and O–H groups in total. The topological polar surface area (TPSA) is 126 Å². The first-order valence-electron chi connectivity index (χ1n) is 8.09. The molecular formula is C19H12N6O3. The van der Waals surface area contributed by atoms with Crippen molar-refractivity contribution in [1.29, 1.82) is 0 Å². The lowest BCUT2D eigenvalue weighted by Gasteiger charge is -2.03. The molecule has 0 aliphatic heterocycles. The first-order valence-corrected chi connectivity index (χ1v) is 8.09. The average molecular weight is 372 g/mol.